The molecule has 2 N–H and O–H groups in total. The lowest BCUT2D eigenvalue weighted by molar-refractivity contribution is 0.198. The molecule has 0 amide bonds. The van der Waals surface area contributed by atoms with Crippen molar-refractivity contribution in [2.75, 3.05) is 20.3 Å². The topological polar surface area (TPSA) is 80.6 Å². The van der Waals surface area contributed by atoms with E-state index in [1.165, 1.54) is 6.07 Å². The van der Waals surface area contributed by atoms with Gasteiger partial charge in [0.1, 0.15) is 5.76 Å². The van der Waals surface area contributed by atoms with Crippen LogP contribution in [0.1, 0.15) is 32.4 Å². The Bertz CT molecular complexity index is 484. The number of methoxy groups -OCH3 is 1. The van der Waals surface area contributed by atoms with Crippen LogP contribution < -0.4 is 10.0 Å². The Balaban J connectivity index is 2.56. The lowest BCUT2D eigenvalue weighted by Crippen LogP contribution is -2.32. The third kappa shape index (κ3) is 5.62. The highest BCUT2D eigenvalue weighted by molar-refractivity contribution is 7.89. The summed E-state index contributed by atoms with van der Waals surface area (Å²) >= 11 is 0. The van der Waals surface area contributed by atoms with E-state index in [1.807, 2.05) is 13.8 Å². The van der Waals surface area contributed by atoms with Gasteiger partial charge in [-0.05, 0) is 25.5 Å². The van der Waals surface area contributed by atoms with E-state index < -0.39 is 10.0 Å². The van der Waals surface area contributed by atoms with Crippen molar-refractivity contribution in [3.05, 3.63) is 17.9 Å². The molecule has 0 aliphatic carbocycles. The van der Waals surface area contributed by atoms with E-state index in [0.717, 1.165) is 12.8 Å². The van der Waals surface area contributed by atoms with Gasteiger partial charge in [-0.15, -0.1) is 0 Å². The minimum atomic E-state index is -3.57. The fourth-order valence-corrected chi connectivity index (χ4v) is 3.03. The maximum Gasteiger partial charge on any atom is 0.274 e. The van der Waals surface area contributed by atoms with Gasteiger partial charge in [-0.2, -0.15) is 0 Å². The minimum absolute atomic E-state index is 0.0380. The molecule has 1 aromatic rings. The van der Waals surface area contributed by atoms with Crippen molar-refractivity contribution in [3.8, 4) is 0 Å². The van der Waals surface area contributed by atoms with E-state index in [1.54, 1.807) is 13.2 Å². The van der Waals surface area contributed by atoms with Gasteiger partial charge in [0.2, 0.25) is 5.09 Å². The molecule has 1 atom stereocenters. The van der Waals surface area contributed by atoms with Gasteiger partial charge in [0.25, 0.3) is 10.0 Å². The summed E-state index contributed by atoms with van der Waals surface area (Å²) in [7, 11) is -1.94. The van der Waals surface area contributed by atoms with Crippen molar-refractivity contribution in [1.29, 1.82) is 0 Å². The van der Waals surface area contributed by atoms with Crippen LogP contribution in [0.25, 0.3) is 0 Å². The van der Waals surface area contributed by atoms with Gasteiger partial charge >= 0.3 is 0 Å². The van der Waals surface area contributed by atoms with Crippen LogP contribution in [-0.2, 0) is 21.3 Å². The molecule has 116 valence electrons. The van der Waals surface area contributed by atoms with E-state index in [0.29, 0.717) is 25.5 Å². The van der Waals surface area contributed by atoms with Crippen LogP contribution in [-0.4, -0.2) is 34.7 Å². The first kappa shape index (κ1) is 17.2. The molecular formula is C13H24N2O4S. The van der Waals surface area contributed by atoms with Crippen molar-refractivity contribution in [1.82, 2.24) is 10.0 Å². The first-order valence-electron chi connectivity index (χ1n) is 6.80. The number of rotatable bonds is 10. The SMILES string of the molecule is CCCC(C)NS(=O)(=O)c1ccc(CNCCOC)o1. The molecule has 7 heteroatoms. The molecule has 0 radical (unpaired) electrons. The van der Waals surface area contributed by atoms with E-state index in [-0.39, 0.29) is 11.1 Å². The van der Waals surface area contributed by atoms with Gasteiger partial charge in [0.15, 0.2) is 0 Å². The number of furan rings is 1. The lowest BCUT2D eigenvalue weighted by Gasteiger charge is -2.11. The van der Waals surface area contributed by atoms with Gasteiger partial charge in [-0.3, -0.25) is 0 Å². The van der Waals surface area contributed by atoms with Crippen LogP contribution in [0.2, 0.25) is 0 Å². The molecule has 0 saturated heterocycles. The van der Waals surface area contributed by atoms with Gasteiger partial charge in [0, 0.05) is 19.7 Å². The Morgan fingerprint density at radius 3 is 2.80 bits per heavy atom. The standard InChI is InChI=1S/C13H24N2O4S/c1-4-5-11(2)15-20(16,17)13-7-6-12(19-13)10-14-8-9-18-3/h6-7,11,14-15H,4-5,8-10H2,1-3H3. The first-order chi connectivity index (χ1) is 9.49. The van der Waals surface area contributed by atoms with E-state index in [9.17, 15) is 8.42 Å². The molecule has 1 aromatic heterocycles. The summed E-state index contributed by atoms with van der Waals surface area (Å²) in [6.45, 7) is 5.62. The molecule has 0 saturated carbocycles. The maximum absolute atomic E-state index is 12.1. The van der Waals surface area contributed by atoms with Crippen molar-refractivity contribution in [3.63, 3.8) is 0 Å². The first-order valence-corrected chi connectivity index (χ1v) is 8.28. The highest BCUT2D eigenvalue weighted by atomic mass is 32.2. The van der Waals surface area contributed by atoms with Crippen molar-refractivity contribution in [2.24, 2.45) is 0 Å². The summed E-state index contributed by atoms with van der Waals surface area (Å²) in [5, 5.41) is 3.06. The molecular weight excluding hydrogens is 280 g/mol. The Morgan fingerprint density at radius 2 is 2.15 bits per heavy atom. The monoisotopic (exact) mass is 304 g/mol. The predicted octanol–water partition coefficient (Wildman–Crippen LogP) is 1.48. The van der Waals surface area contributed by atoms with Gasteiger partial charge in [-0.25, -0.2) is 13.1 Å². The second-order valence-corrected chi connectivity index (χ2v) is 6.35. The fraction of sp³-hybridized carbons (Fsp3) is 0.692. The van der Waals surface area contributed by atoms with Gasteiger partial charge < -0.3 is 14.5 Å². The zero-order chi connectivity index (χ0) is 15.0. The Hall–Kier alpha value is -0.890. The molecule has 0 aliphatic rings. The largest absolute Gasteiger partial charge is 0.447 e. The summed E-state index contributed by atoms with van der Waals surface area (Å²) in [6.07, 6.45) is 1.72. The number of hydrogen-bond donors (Lipinski definition) is 2. The normalized spacial score (nSPS) is 13.6. The number of ether oxygens (including phenoxy) is 1. The molecule has 0 aliphatic heterocycles. The van der Waals surface area contributed by atoms with Crippen molar-refractivity contribution < 1.29 is 17.6 Å². The second-order valence-electron chi connectivity index (χ2n) is 4.70. The molecule has 1 unspecified atom stereocenters. The highest BCUT2D eigenvalue weighted by Gasteiger charge is 2.20. The average Bonchev–Trinajstić information content (AvgIpc) is 2.84. The zero-order valence-corrected chi connectivity index (χ0v) is 13.1. The molecule has 1 rings (SSSR count). The van der Waals surface area contributed by atoms with Gasteiger partial charge in [-0.1, -0.05) is 13.3 Å². The summed E-state index contributed by atoms with van der Waals surface area (Å²) in [5.74, 6) is 0.588. The molecule has 20 heavy (non-hydrogen) atoms. The average molecular weight is 304 g/mol. The lowest BCUT2D eigenvalue weighted by atomic mass is 10.2. The second kappa shape index (κ2) is 8.41. The van der Waals surface area contributed by atoms with Crippen LogP contribution in [0.15, 0.2) is 21.6 Å². The van der Waals surface area contributed by atoms with E-state index >= 15 is 0 Å². The summed E-state index contributed by atoms with van der Waals surface area (Å²) in [6, 6.07) is 3.05. The smallest absolute Gasteiger partial charge is 0.274 e. The summed E-state index contributed by atoms with van der Waals surface area (Å²) in [4.78, 5) is 0. The van der Waals surface area contributed by atoms with E-state index in [4.69, 9.17) is 9.15 Å². The number of hydrogen-bond acceptors (Lipinski definition) is 5. The molecule has 1 heterocycles. The molecule has 0 bridgehead atoms. The quantitative estimate of drug-likeness (QED) is 0.640. The van der Waals surface area contributed by atoms with Crippen LogP contribution in [0.4, 0.5) is 0 Å². The highest BCUT2D eigenvalue weighted by Crippen LogP contribution is 2.14. The Morgan fingerprint density at radius 1 is 1.40 bits per heavy atom. The molecule has 6 nitrogen and oxygen atoms in total. The third-order valence-corrected chi connectivity index (χ3v) is 4.22. The third-order valence-electron chi connectivity index (χ3n) is 2.76. The van der Waals surface area contributed by atoms with E-state index in [2.05, 4.69) is 10.0 Å². The molecule has 0 aromatic carbocycles. The summed E-state index contributed by atoms with van der Waals surface area (Å²) in [5.41, 5.74) is 0. The predicted molar refractivity (Wildman–Crippen MR) is 77.0 cm³/mol. The van der Waals surface area contributed by atoms with Crippen molar-refractivity contribution in [2.45, 2.75) is 44.4 Å². The zero-order valence-electron chi connectivity index (χ0n) is 12.3. The van der Waals surface area contributed by atoms with Gasteiger partial charge in [0.05, 0.1) is 13.2 Å². The Kier molecular flexibility index (Phi) is 7.22. The van der Waals surface area contributed by atoms with Crippen LogP contribution in [0.5, 0.6) is 0 Å². The molecule has 0 spiro atoms. The summed E-state index contributed by atoms with van der Waals surface area (Å²) < 4.78 is 37.0. The maximum atomic E-state index is 12.1. The minimum Gasteiger partial charge on any atom is -0.447 e. The van der Waals surface area contributed by atoms with Crippen LogP contribution >= 0.6 is 0 Å². The fourth-order valence-electron chi connectivity index (χ4n) is 1.80. The number of nitrogens with one attached hydrogen (secondary N) is 2. The van der Waals surface area contributed by atoms with Crippen LogP contribution in [0.3, 0.4) is 0 Å². The van der Waals surface area contributed by atoms with Crippen LogP contribution in [0, 0.1) is 0 Å². The molecule has 0 fully saturated rings. The number of sulfonamides is 1. The van der Waals surface area contributed by atoms with Crippen molar-refractivity contribution >= 4 is 10.0 Å². The Labute approximate surface area is 120 Å².